The van der Waals surface area contributed by atoms with E-state index in [9.17, 15) is 10.1 Å². The summed E-state index contributed by atoms with van der Waals surface area (Å²) >= 11 is 3.17. The summed E-state index contributed by atoms with van der Waals surface area (Å²) < 4.78 is 0. The normalized spacial score (nSPS) is 18.5. The summed E-state index contributed by atoms with van der Waals surface area (Å²) in [6.45, 7) is 5.44. The molecule has 22 heavy (non-hydrogen) atoms. The third-order valence-corrected chi connectivity index (χ3v) is 5.32. The second kappa shape index (κ2) is 7.48. The van der Waals surface area contributed by atoms with Gasteiger partial charge in [-0.25, -0.2) is 0 Å². The third kappa shape index (κ3) is 3.34. The van der Waals surface area contributed by atoms with Gasteiger partial charge < -0.3 is 5.32 Å². The van der Waals surface area contributed by atoms with Crippen LogP contribution in [0.25, 0.3) is 0 Å². The van der Waals surface area contributed by atoms with Crippen molar-refractivity contribution in [2.75, 3.05) is 5.75 Å². The molecule has 1 aromatic heterocycles. The van der Waals surface area contributed by atoms with Gasteiger partial charge in [0.1, 0.15) is 0 Å². The van der Waals surface area contributed by atoms with E-state index >= 15 is 0 Å². The maximum absolute atomic E-state index is 12.1. The van der Waals surface area contributed by atoms with Crippen LogP contribution in [0.2, 0.25) is 0 Å². The van der Waals surface area contributed by atoms with E-state index < -0.39 is 0 Å². The molecule has 1 unspecified atom stereocenters. The zero-order valence-corrected chi connectivity index (χ0v) is 14.5. The first kappa shape index (κ1) is 16.6. The Morgan fingerprint density at radius 3 is 2.91 bits per heavy atom. The van der Waals surface area contributed by atoms with Gasteiger partial charge in [0.25, 0.3) is 0 Å². The molecule has 2 rings (SSSR count). The number of carbonyl (C=O) groups excluding carboxylic acids is 1. The van der Waals surface area contributed by atoms with Crippen LogP contribution in [0.3, 0.4) is 0 Å². The Morgan fingerprint density at radius 1 is 1.59 bits per heavy atom. The second-order valence-corrected chi connectivity index (χ2v) is 6.91. The number of hydrogen-bond donors (Lipinski definition) is 1. The van der Waals surface area contributed by atoms with Crippen molar-refractivity contribution in [2.45, 2.75) is 26.7 Å². The summed E-state index contributed by atoms with van der Waals surface area (Å²) in [7, 11) is 0. The first-order chi connectivity index (χ1) is 10.6. The molecular weight excluding hydrogens is 312 g/mol. The zero-order valence-electron chi connectivity index (χ0n) is 12.8. The Morgan fingerprint density at radius 2 is 2.36 bits per heavy atom. The van der Waals surface area contributed by atoms with Crippen LogP contribution in [-0.4, -0.2) is 11.5 Å². The molecule has 0 saturated carbocycles. The minimum Gasteiger partial charge on any atom is -0.353 e. The van der Waals surface area contributed by atoms with Crippen molar-refractivity contribution < 1.29 is 4.79 Å². The van der Waals surface area contributed by atoms with Gasteiger partial charge in [-0.05, 0) is 32.2 Å². The molecule has 0 fully saturated rings. The van der Waals surface area contributed by atoms with E-state index in [1.54, 1.807) is 30.0 Å². The van der Waals surface area contributed by atoms with Crippen LogP contribution in [0.4, 0.5) is 0 Å². The summed E-state index contributed by atoms with van der Waals surface area (Å²) in [5.41, 5.74) is 2.16. The van der Waals surface area contributed by atoms with Crippen molar-refractivity contribution in [3.63, 3.8) is 0 Å². The van der Waals surface area contributed by atoms with E-state index in [2.05, 4.69) is 11.4 Å². The van der Waals surface area contributed by atoms with Gasteiger partial charge in [-0.15, -0.1) is 23.1 Å². The van der Waals surface area contributed by atoms with Crippen LogP contribution in [0.1, 0.15) is 31.6 Å². The first-order valence-electron chi connectivity index (χ1n) is 7.00. The van der Waals surface area contributed by atoms with E-state index in [0.29, 0.717) is 11.1 Å². The lowest BCUT2D eigenvalue weighted by Crippen LogP contribution is -2.26. The Labute approximate surface area is 139 Å². The fourth-order valence-electron chi connectivity index (χ4n) is 2.46. The largest absolute Gasteiger partial charge is 0.353 e. The maximum atomic E-state index is 12.1. The summed E-state index contributed by atoms with van der Waals surface area (Å²) in [5.74, 6) is 0.551. The molecule has 0 radical (unpaired) electrons. The van der Waals surface area contributed by atoms with Crippen LogP contribution in [0.5, 0.6) is 0 Å². The number of Topliss-reactive ketones (excluding diaryl/α,β-unsaturated/α-hetero) is 1. The molecule has 0 aromatic carbocycles. The molecule has 1 atom stereocenters. The number of dihydropyridines is 1. The van der Waals surface area contributed by atoms with Crippen molar-refractivity contribution in [3.8, 4) is 6.07 Å². The molecular formula is C17H18N2OS2. The molecule has 1 aliphatic rings. The predicted molar refractivity (Wildman–Crippen MR) is 93.5 cm³/mol. The molecule has 114 valence electrons. The van der Waals surface area contributed by atoms with Gasteiger partial charge in [-0.1, -0.05) is 18.2 Å². The topological polar surface area (TPSA) is 52.9 Å². The summed E-state index contributed by atoms with van der Waals surface area (Å²) in [6, 6.07) is 6.26. The fraction of sp³-hybridized carbons (Fsp3) is 0.294. The Hall–Kier alpha value is -1.77. The lowest BCUT2D eigenvalue weighted by atomic mass is 9.85. The number of thiophene rings is 1. The average molecular weight is 330 g/mol. The van der Waals surface area contributed by atoms with Gasteiger partial charge in [0.05, 0.1) is 22.6 Å². The SMILES string of the molecule is CC=CCSC1=C(C#N)C(c2cccs2)C(C(C)=O)=C(C)N1. The van der Waals surface area contributed by atoms with Gasteiger partial charge >= 0.3 is 0 Å². The molecule has 1 aliphatic heterocycles. The number of nitrogens with zero attached hydrogens (tertiary/aromatic N) is 1. The summed E-state index contributed by atoms with van der Waals surface area (Å²) in [6.07, 6.45) is 4.04. The van der Waals surface area contributed by atoms with Crippen LogP contribution in [0, 0.1) is 11.3 Å². The number of nitrogens with one attached hydrogen (secondary N) is 1. The fourth-order valence-corrected chi connectivity index (χ4v) is 4.30. The standard InChI is InChI=1S/C17H18N2OS2/c1-4-5-8-22-17-13(10-18)16(14-7-6-9-21-14)15(12(3)20)11(2)19-17/h4-7,9,16,19H,8H2,1-3H3. The highest BCUT2D eigenvalue weighted by molar-refractivity contribution is 8.03. The smallest absolute Gasteiger partial charge is 0.158 e. The number of hydrogen-bond acceptors (Lipinski definition) is 5. The number of carbonyl (C=O) groups is 1. The Bertz CT molecular complexity index is 691. The summed E-state index contributed by atoms with van der Waals surface area (Å²) in [5, 5.41) is 15.7. The zero-order chi connectivity index (χ0) is 16.1. The molecule has 0 aliphatic carbocycles. The van der Waals surface area contributed by atoms with Crippen LogP contribution < -0.4 is 5.32 Å². The van der Waals surface area contributed by atoms with Crippen LogP contribution in [0.15, 0.2) is 51.5 Å². The molecule has 0 saturated heterocycles. The minimum absolute atomic E-state index is 0.00801. The molecule has 5 heteroatoms. The lowest BCUT2D eigenvalue weighted by molar-refractivity contribution is -0.113. The Kier molecular flexibility index (Phi) is 5.64. The quantitative estimate of drug-likeness (QED) is 0.816. The van der Waals surface area contributed by atoms with E-state index in [1.165, 1.54) is 0 Å². The highest BCUT2D eigenvalue weighted by Crippen LogP contribution is 2.42. The van der Waals surface area contributed by atoms with E-state index in [1.807, 2.05) is 43.5 Å². The van der Waals surface area contributed by atoms with E-state index in [4.69, 9.17) is 0 Å². The van der Waals surface area contributed by atoms with E-state index in [0.717, 1.165) is 21.4 Å². The van der Waals surface area contributed by atoms with Crippen molar-refractivity contribution in [1.82, 2.24) is 5.32 Å². The van der Waals surface area contributed by atoms with Gasteiger partial charge in [-0.2, -0.15) is 5.26 Å². The van der Waals surface area contributed by atoms with Gasteiger partial charge in [-0.3, -0.25) is 4.79 Å². The number of rotatable bonds is 5. The van der Waals surface area contributed by atoms with E-state index in [-0.39, 0.29) is 11.7 Å². The van der Waals surface area contributed by atoms with Gasteiger partial charge in [0.2, 0.25) is 0 Å². The molecule has 0 amide bonds. The predicted octanol–water partition coefficient (Wildman–Crippen LogP) is 4.34. The lowest BCUT2D eigenvalue weighted by Gasteiger charge is -2.28. The monoisotopic (exact) mass is 330 g/mol. The molecule has 1 aromatic rings. The van der Waals surface area contributed by atoms with Gasteiger partial charge in [0.15, 0.2) is 5.78 Å². The van der Waals surface area contributed by atoms with Crippen molar-refractivity contribution in [3.05, 3.63) is 56.4 Å². The third-order valence-electron chi connectivity index (χ3n) is 3.41. The molecule has 1 N–H and O–H groups in total. The molecule has 3 nitrogen and oxygen atoms in total. The highest BCUT2D eigenvalue weighted by Gasteiger charge is 2.33. The number of ketones is 1. The Balaban J connectivity index is 2.50. The first-order valence-corrected chi connectivity index (χ1v) is 8.87. The number of thioether (sulfide) groups is 1. The molecule has 0 bridgehead atoms. The number of nitriles is 1. The summed E-state index contributed by atoms with van der Waals surface area (Å²) in [4.78, 5) is 13.1. The molecule has 2 heterocycles. The molecule has 0 spiro atoms. The van der Waals surface area contributed by atoms with Crippen LogP contribution >= 0.6 is 23.1 Å². The maximum Gasteiger partial charge on any atom is 0.158 e. The number of allylic oxidation sites excluding steroid dienone is 4. The average Bonchev–Trinajstić information content (AvgIpc) is 3.00. The minimum atomic E-state index is -0.253. The highest BCUT2D eigenvalue weighted by atomic mass is 32.2. The van der Waals surface area contributed by atoms with Crippen molar-refractivity contribution >= 4 is 28.9 Å². The second-order valence-electron chi connectivity index (χ2n) is 4.90. The van der Waals surface area contributed by atoms with Crippen molar-refractivity contribution in [1.29, 1.82) is 5.26 Å². The van der Waals surface area contributed by atoms with Gasteiger partial charge in [0, 0.05) is 21.9 Å². The van der Waals surface area contributed by atoms with Crippen LogP contribution in [-0.2, 0) is 4.79 Å². The van der Waals surface area contributed by atoms with Crippen molar-refractivity contribution in [2.24, 2.45) is 0 Å².